The second-order valence-electron chi connectivity index (χ2n) is 3.07. The van der Waals surface area contributed by atoms with Gasteiger partial charge in [-0.25, -0.2) is 0 Å². The highest BCUT2D eigenvalue weighted by Crippen LogP contribution is 2.11. The van der Waals surface area contributed by atoms with Crippen LogP contribution in [0.2, 0.25) is 0 Å². The van der Waals surface area contributed by atoms with E-state index >= 15 is 0 Å². The van der Waals surface area contributed by atoms with E-state index in [2.05, 4.69) is 11.9 Å². The molecule has 0 aliphatic carbocycles. The van der Waals surface area contributed by atoms with Crippen LogP contribution in [-0.2, 0) is 4.79 Å². The Morgan fingerprint density at radius 3 is 3.00 bits per heavy atom. The number of aldehydes is 1. The highest BCUT2D eigenvalue weighted by Gasteiger charge is 2.01. The van der Waals surface area contributed by atoms with Crippen molar-refractivity contribution in [2.24, 2.45) is 0 Å². The topological polar surface area (TPSA) is 55.4 Å². The molecule has 0 heterocycles. The average molecular weight is 219 g/mol. The normalized spacial score (nSPS) is 9.25. The molecule has 1 amide bonds. The van der Waals surface area contributed by atoms with Crippen LogP contribution in [0.3, 0.4) is 0 Å². The predicted molar refractivity (Wildman–Crippen MR) is 60.5 cm³/mol. The largest absolute Gasteiger partial charge is 0.484 e. The SMILES string of the molecule is C=CCNC(=O)COc1cccc(C=O)c1. The zero-order chi connectivity index (χ0) is 11.8. The first-order valence-corrected chi connectivity index (χ1v) is 4.82. The van der Waals surface area contributed by atoms with E-state index in [0.717, 1.165) is 6.29 Å². The molecule has 0 atom stereocenters. The molecule has 1 aromatic carbocycles. The van der Waals surface area contributed by atoms with E-state index in [9.17, 15) is 9.59 Å². The molecular formula is C12H13NO3. The van der Waals surface area contributed by atoms with Gasteiger partial charge in [0.25, 0.3) is 5.91 Å². The van der Waals surface area contributed by atoms with Gasteiger partial charge in [0.05, 0.1) is 0 Å². The van der Waals surface area contributed by atoms with Gasteiger partial charge in [0, 0.05) is 12.1 Å². The molecule has 84 valence electrons. The lowest BCUT2D eigenvalue weighted by atomic mass is 10.2. The van der Waals surface area contributed by atoms with E-state index in [1.54, 1.807) is 30.3 Å². The third-order valence-electron chi connectivity index (χ3n) is 1.81. The highest BCUT2D eigenvalue weighted by molar-refractivity contribution is 5.78. The second kappa shape index (κ2) is 6.40. The van der Waals surface area contributed by atoms with Crippen molar-refractivity contribution in [3.05, 3.63) is 42.5 Å². The van der Waals surface area contributed by atoms with Gasteiger partial charge in [-0.2, -0.15) is 0 Å². The summed E-state index contributed by atoms with van der Waals surface area (Å²) in [5.74, 6) is 0.273. The number of carbonyl (C=O) groups excluding carboxylic acids is 2. The van der Waals surface area contributed by atoms with Gasteiger partial charge in [-0.15, -0.1) is 6.58 Å². The van der Waals surface area contributed by atoms with Crippen molar-refractivity contribution in [3.63, 3.8) is 0 Å². The fourth-order valence-electron chi connectivity index (χ4n) is 1.06. The van der Waals surface area contributed by atoms with Gasteiger partial charge in [0.2, 0.25) is 0 Å². The molecule has 16 heavy (non-hydrogen) atoms. The molecule has 1 N–H and O–H groups in total. The molecule has 0 radical (unpaired) electrons. The van der Waals surface area contributed by atoms with Crippen molar-refractivity contribution < 1.29 is 14.3 Å². The minimum atomic E-state index is -0.226. The Labute approximate surface area is 93.9 Å². The van der Waals surface area contributed by atoms with Crippen LogP contribution in [0.15, 0.2) is 36.9 Å². The van der Waals surface area contributed by atoms with E-state index in [1.807, 2.05) is 0 Å². The Morgan fingerprint density at radius 1 is 1.50 bits per heavy atom. The van der Waals surface area contributed by atoms with E-state index in [0.29, 0.717) is 17.9 Å². The zero-order valence-corrected chi connectivity index (χ0v) is 8.81. The lowest BCUT2D eigenvalue weighted by Gasteiger charge is -2.06. The molecule has 0 aromatic heterocycles. The summed E-state index contributed by atoms with van der Waals surface area (Å²) in [7, 11) is 0. The number of ether oxygens (including phenoxy) is 1. The molecular weight excluding hydrogens is 206 g/mol. The van der Waals surface area contributed by atoms with Crippen LogP contribution in [0.4, 0.5) is 0 Å². The van der Waals surface area contributed by atoms with Crippen LogP contribution < -0.4 is 10.1 Å². The van der Waals surface area contributed by atoms with Crippen molar-refractivity contribution in [2.45, 2.75) is 0 Å². The Morgan fingerprint density at radius 2 is 2.31 bits per heavy atom. The minimum Gasteiger partial charge on any atom is -0.484 e. The summed E-state index contributed by atoms with van der Waals surface area (Å²) in [5.41, 5.74) is 0.518. The number of amides is 1. The third kappa shape index (κ3) is 3.96. The van der Waals surface area contributed by atoms with Gasteiger partial charge in [0.15, 0.2) is 6.61 Å². The first-order valence-electron chi connectivity index (χ1n) is 4.82. The average Bonchev–Trinajstić information content (AvgIpc) is 2.34. The number of nitrogens with one attached hydrogen (secondary N) is 1. The second-order valence-corrected chi connectivity index (χ2v) is 3.07. The van der Waals surface area contributed by atoms with Crippen LogP contribution >= 0.6 is 0 Å². The summed E-state index contributed by atoms with van der Waals surface area (Å²) in [6.45, 7) is 3.82. The lowest BCUT2D eigenvalue weighted by molar-refractivity contribution is -0.122. The first kappa shape index (κ1) is 12.0. The standard InChI is InChI=1S/C12H13NO3/c1-2-6-13-12(15)9-16-11-5-3-4-10(7-11)8-14/h2-5,7-8H,1,6,9H2,(H,13,15). The maximum atomic E-state index is 11.2. The van der Waals surface area contributed by atoms with Crippen LogP contribution in [0.25, 0.3) is 0 Å². The molecule has 0 saturated carbocycles. The van der Waals surface area contributed by atoms with Crippen LogP contribution in [0, 0.1) is 0 Å². The fraction of sp³-hybridized carbons (Fsp3) is 0.167. The number of hydrogen-bond donors (Lipinski definition) is 1. The maximum absolute atomic E-state index is 11.2. The summed E-state index contributed by atoms with van der Waals surface area (Å²) >= 11 is 0. The van der Waals surface area contributed by atoms with Gasteiger partial charge < -0.3 is 10.1 Å². The Bertz CT molecular complexity index is 388. The summed E-state index contributed by atoms with van der Waals surface area (Å²) in [4.78, 5) is 21.7. The summed E-state index contributed by atoms with van der Waals surface area (Å²) < 4.78 is 5.20. The Kier molecular flexibility index (Phi) is 4.79. The van der Waals surface area contributed by atoms with E-state index in [1.165, 1.54) is 0 Å². The van der Waals surface area contributed by atoms with Crippen LogP contribution in [-0.4, -0.2) is 25.3 Å². The smallest absolute Gasteiger partial charge is 0.258 e. The fourth-order valence-corrected chi connectivity index (χ4v) is 1.06. The number of rotatable bonds is 6. The molecule has 0 saturated heterocycles. The first-order chi connectivity index (χ1) is 7.76. The van der Waals surface area contributed by atoms with Crippen molar-refractivity contribution >= 4 is 12.2 Å². The van der Waals surface area contributed by atoms with Gasteiger partial charge in [-0.05, 0) is 12.1 Å². The predicted octanol–water partition coefficient (Wildman–Crippen LogP) is 1.18. The van der Waals surface area contributed by atoms with E-state index in [4.69, 9.17) is 4.74 Å². The lowest BCUT2D eigenvalue weighted by Crippen LogP contribution is -2.28. The molecule has 0 aliphatic rings. The number of benzene rings is 1. The summed E-state index contributed by atoms with van der Waals surface area (Å²) in [6, 6.07) is 6.62. The molecule has 0 aliphatic heterocycles. The molecule has 0 unspecified atom stereocenters. The molecule has 1 aromatic rings. The zero-order valence-electron chi connectivity index (χ0n) is 8.81. The molecule has 1 rings (SSSR count). The van der Waals surface area contributed by atoms with Crippen molar-refractivity contribution in [1.29, 1.82) is 0 Å². The maximum Gasteiger partial charge on any atom is 0.258 e. The van der Waals surface area contributed by atoms with Gasteiger partial charge >= 0.3 is 0 Å². The van der Waals surface area contributed by atoms with Gasteiger partial charge in [0.1, 0.15) is 12.0 Å². The van der Waals surface area contributed by atoms with Crippen LogP contribution in [0.1, 0.15) is 10.4 Å². The van der Waals surface area contributed by atoms with E-state index in [-0.39, 0.29) is 12.5 Å². The minimum absolute atomic E-state index is 0.0733. The Hall–Kier alpha value is -2.10. The molecule has 0 bridgehead atoms. The van der Waals surface area contributed by atoms with Crippen molar-refractivity contribution in [3.8, 4) is 5.75 Å². The number of carbonyl (C=O) groups is 2. The van der Waals surface area contributed by atoms with Gasteiger partial charge in [-0.3, -0.25) is 9.59 Å². The highest BCUT2D eigenvalue weighted by atomic mass is 16.5. The quantitative estimate of drug-likeness (QED) is 0.577. The Balaban J connectivity index is 2.44. The van der Waals surface area contributed by atoms with Gasteiger partial charge in [-0.1, -0.05) is 18.2 Å². The molecule has 0 fully saturated rings. The molecule has 4 heteroatoms. The van der Waals surface area contributed by atoms with Crippen molar-refractivity contribution in [1.82, 2.24) is 5.32 Å². The van der Waals surface area contributed by atoms with Crippen LogP contribution in [0.5, 0.6) is 5.75 Å². The summed E-state index contributed by atoms with van der Waals surface area (Å²) in [5, 5.41) is 2.58. The molecule has 4 nitrogen and oxygen atoms in total. The van der Waals surface area contributed by atoms with E-state index < -0.39 is 0 Å². The molecule has 0 spiro atoms. The van der Waals surface area contributed by atoms with Crippen molar-refractivity contribution in [2.75, 3.05) is 13.2 Å². The number of hydrogen-bond acceptors (Lipinski definition) is 3. The monoisotopic (exact) mass is 219 g/mol. The third-order valence-corrected chi connectivity index (χ3v) is 1.81. The summed E-state index contributed by atoms with van der Waals surface area (Å²) in [6.07, 6.45) is 2.32.